The molecule has 2 rings (SSSR count). The van der Waals surface area contributed by atoms with Gasteiger partial charge in [0.15, 0.2) is 0 Å². The molecule has 1 heterocycles. The van der Waals surface area contributed by atoms with Crippen LogP contribution < -0.4 is 10.1 Å². The molecule has 0 amide bonds. The molecule has 0 saturated carbocycles. The fourth-order valence-corrected chi connectivity index (χ4v) is 2.61. The van der Waals surface area contributed by atoms with Crippen LogP contribution in [0.5, 0.6) is 5.75 Å². The molecule has 1 saturated heterocycles. The standard InChI is InChI=1S/C16H26N2O/c1-17-14-15-7-5-8-16(13-15)19-12-6-11-18-9-3-2-4-10-18/h5,7-8,13,17H,2-4,6,9-12,14H2,1H3. The first-order valence-corrected chi connectivity index (χ1v) is 7.47. The van der Waals surface area contributed by atoms with Gasteiger partial charge in [-0.25, -0.2) is 0 Å². The van der Waals surface area contributed by atoms with Gasteiger partial charge in [-0.05, 0) is 57.1 Å². The van der Waals surface area contributed by atoms with E-state index in [-0.39, 0.29) is 0 Å². The van der Waals surface area contributed by atoms with Crippen LogP contribution in [0.1, 0.15) is 31.2 Å². The highest BCUT2D eigenvalue weighted by atomic mass is 16.5. The van der Waals surface area contributed by atoms with Crippen LogP contribution in [0, 0.1) is 0 Å². The SMILES string of the molecule is CNCc1cccc(OCCCN2CCCCC2)c1. The van der Waals surface area contributed by atoms with E-state index in [9.17, 15) is 0 Å². The van der Waals surface area contributed by atoms with Crippen molar-refractivity contribution in [2.45, 2.75) is 32.2 Å². The van der Waals surface area contributed by atoms with Gasteiger partial charge in [0, 0.05) is 13.1 Å². The quantitative estimate of drug-likeness (QED) is 0.765. The van der Waals surface area contributed by atoms with Crippen molar-refractivity contribution in [3.05, 3.63) is 29.8 Å². The van der Waals surface area contributed by atoms with E-state index in [0.29, 0.717) is 0 Å². The third-order valence-corrected chi connectivity index (χ3v) is 3.62. The van der Waals surface area contributed by atoms with Crippen molar-refractivity contribution in [2.75, 3.05) is 33.3 Å². The van der Waals surface area contributed by atoms with Gasteiger partial charge in [-0.15, -0.1) is 0 Å². The Kier molecular flexibility index (Phi) is 6.18. The monoisotopic (exact) mass is 262 g/mol. The first-order chi connectivity index (χ1) is 9.38. The van der Waals surface area contributed by atoms with E-state index in [1.54, 1.807) is 0 Å². The first-order valence-electron chi connectivity index (χ1n) is 7.47. The smallest absolute Gasteiger partial charge is 0.119 e. The predicted octanol–water partition coefficient (Wildman–Crippen LogP) is 2.66. The van der Waals surface area contributed by atoms with Crippen molar-refractivity contribution < 1.29 is 4.74 Å². The average Bonchev–Trinajstić information content (AvgIpc) is 2.46. The van der Waals surface area contributed by atoms with E-state index < -0.39 is 0 Å². The van der Waals surface area contributed by atoms with Crippen LogP contribution in [0.3, 0.4) is 0 Å². The number of hydrogen-bond donors (Lipinski definition) is 1. The number of nitrogens with zero attached hydrogens (tertiary/aromatic N) is 1. The summed E-state index contributed by atoms with van der Waals surface area (Å²) in [6.07, 6.45) is 5.27. The zero-order chi connectivity index (χ0) is 13.3. The Labute approximate surface area is 116 Å². The topological polar surface area (TPSA) is 24.5 Å². The molecule has 19 heavy (non-hydrogen) atoms. The minimum Gasteiger partial charge on any atom is -0.494 e. The number of ether oxygens (including phenoxy) is 1. The maximum Gasteiger partial charge on any atom is 0.119 e. The molecule has 0 bridgehead atoms. The van der Waals surface area contributed by atoms with Crippen molar-refractivity contribution in [3.8, 4) is 5.75 Å². The largest absolute Gasteiger partial charge is 0.494 e. The average molecular weight is 262 g/mol. The molecule has 0 radical (unpaired) electrons. The zero-order valence-electron chi connectivity index (χ0n) is 12.0. The Hall–Kier alpha value is -1.06. The molecule has 3 nitrogen and oxygen atoms in total. The molecule has 3 heteroatoms. The molecular weight excluding hydrogens is 236 g/mol. The third kappa shape index (κ3) is 5.21. The van der Waals surface area contributed by atoms with Crippen molar-refractivity contribution >= 4 is 0 Å². The molecule has 1 aromatic carbocycles. The Bertz CT molecular complexity index is 362. The molecule has 1 N–H and O–H groups in total. The lowest BCUT2D eigenvalue weighted by molar-refractivity contribution is 0.205. The summed E-state index contributed by atoms with van der Waals surface area (Å²) in [5, 5.41) is 3.16. The van der Waals surface area contributed by atoms with Gasteiger partial charge in [0.05, 0.1) is 6.61 Å². The lowest BCUT2D eigenvalue weighted by Crippen LogP contribution is -2.31. The summed E-state index contributed by atoms with van der Waals surface area (Å²) in [5.74, 6) is 0.992. The van der Waals surface area contributed by atoms with Crippen molar-refractivity contribution in [2.24, 2.45) is 0 Å². The van der Waals surface area contributed by atoms with Gasteiger partial charge in [-0.1, -0.05) is 18.6 Å². The maximum atomic E-state index is 5.83. The number of likely N-dealkylation sites (tertiary alicyclic amines) is 1. The number of benzene rings is 1. The van der Waals surface area contributed by atoms with Gasteiger partial charge < -0.3 is 15.0 Å². The lowest BCUT2D eigenvalue weighted by atomic mass is 10.1. The molecule has 0 unspecified atom stereocenters. The third-order valence-electron chi connectivity index (χ3n) is 3.62. The molecular formula is C16H26N2O. The molecule has 0 aliphatic carbocycles. The van der Waals surface area contributed by atoms with E-state index >= 15 is 0 Å². The summed E-state index contributed by atoms with van der Waals surface area (Å²) in [6.45, 7) is 5.44. The van der Waals surface area contributed by atoms with Crippen LogP contribution in [0.4, 0.5) is 0 Å². The molecule has 0 aromatic heterocycles. The van der Waals surface area contributed by atoms with Gasteiger partial charge >= 0.3 is 0 Å². The number of rotatable bonds is 7. The molecule has 0 atom stereocenters. The van der Waals surface area contributed by atoms with E-state index in [1.165, 1.54) is 44.5 Å². The lowest BCUT2D eigenvalue weighted by Gasteiger charge is -2.26. The minimum absolute atomic E-state index is 0.819. The Balaban J connectivity index is 1.65. The Morgan fingerprint density at radius 1 is 1.21 bits per heavy atom. The van der Waals surface area contributed by atoms with Crippen LogP contribution in [-0.2, 0) is 6.54 Å². The first kappa shape index (κ1) is 14.4. The normalized spacial score (nSPS) is 16.5. The van der Waals surface area contributed by atoms with Crippen molar-refractivity contribution in [3.63, 3.8) is 0 Å². The maximum absolute atomic E-state index is 5.83. The summed E-state index contributed by atoms with van der Waals surface area (Å²) >= 11 is 0. The van der Waals surface area contributed by atoms with Crippen molar-refractivity contribution in [1.82, 2.24) is 10.2 Å². The van der Waals surface area contributed by atoms with E-state index in [4.69, 9.17) is 4.74 Å². The van der Waals surface area contributed by atoms with Crippen molar-refractivity contribution in [1.29, 1.82) is 0 Å². The van der Waals surface area contributed by atoms with Gasteiger partial charge in [0.2, 0.25) is 0 Å². The Morgan fingerprint density at radius 3 is 2.84 bits per heavy atom. The highest BCUT2D eigenvalue weighted by Gasteiger charge is 2.08. The molecule has 0 spiro atoms. The second-order valence-electron chi connectivity index (χ2n) is 5.28. The number of hydrogen-bond acceptors (Lipinski definition) is 3. The summed E-state index contributed by atoms with van der Waals surface area (Å²) in [7, 11) is 1.96. The summed E-state index contributed by atoms with van der Waals surface area (Å²) in [5.41, 5.74) is 1.27. The number of piperidine rings is 1. The van der Waals surface area contributed by atoms with Crippen LogP contribution in [0.2, 0.25) is 0 Å². The summed E-state index contributed by atoms with van der Waals surface area (Å²) in [4.78, 5) is 2.56. The van der Waals surface area contributed by atoms with Crippen LogP contribution in [-0.4, -0.2) is 38.2 Å². The summed E-state index contributed by atoms with van der Waals surface area (Å²) in [6, 6.07) is 8.35. The molecule has 1 aliphatic rings. The molecule has 1 aliphatic heterocycles. The second-order valence-corrected chi connectivity index (χ2v) is 5.28. The zero-order valence-corrected chi connectivity index (χ0v) is 12.0. The van der Waals surface area contributed by atoms with E-state index in [1.807, 2.05) is 13.1 Å². The van der Waals surface area contributed by atoms with Crippen LogP contribution >= 0.6 is 0 Å². The molecule has 106 valence electrons. The van der Waals surface area contributed by atoms with E-state index in [0.717, 1.165) is 25.3 Å². The number of nitrogens with one attached hydrogen (secondary N) is 1. The highest BCUT2D eigenvalue weighted by molar-refractivity contribution is 5.28. The fourth-order valence-electron chi connectivity index (χ4n) is 2.61. The second kappa shape index (κ2) is 8.18. The van der Waals surface area contributed by atoms with Gasteiger partial charge in [-0.2, -0.15) is 0 Å². The fraction of sp³-hybridized carbons (Fsp3) is 0.625. The minimum atomic E-state index is 0.819. The summed E-state index contributed by atoms with van der Waals surface area (Å²) < 4.78 is 5.83. The molecule has 1 fully saturated rings. The highest BCUT2D eigenvalue weighted by Crippen LogP contribution is 2.14. The van der Waals surface area contributed by atoms with Gasteiger partial charge in [-0.3, -0.25) is 0 Å². The predicted molar refractivity (Wildman–Crippen MR) is 79.6 cm³/mol. The molecule has 1 aromatic rings. The van der Waals surface area contributed by atoms with E-state index in [2.05, 4.69) is 28.4 Å². The Morgan fingerprint density at radius 2 is 2.05 bits per heavy atom. The van der Waals surface area contributed by atoms with Crippen LogP contribution in [0.25, 0.3) is 0 Å². The van der Waals surface area contributed by atoms with Crippen LogP contribution in [0.15, 0.2) is 24.3 Å². The van der Waals surface area contributed by atoms with Gasteiger partial charge in [0.25, 0.3) is 0 Å². The van der Waals surface area contributed by atoms with Gasteiger partial charge in [0.1, 0.15) is 5.75 Å².